The fourth-order valence-corrected chi connectivity index (χ4v) is 8.41. The molecule has 12 heteroatoms. The Hall–Kier alpha value is -3.93. The van der Waals surface area contributed by atoms with Gasteiger partial charge in [0.15, 0.2) is 0 Å². The molecule has 2 fully saturated rings. The van der Waals surface area contributed by atoms with Gasteiger partial charge in [-0.25, -0.2) is 32.2 Å². The van der Waals surface area contributed by atoms with Crippen LogP contribution < -0.4 is 4.72 Å². The molecule has 0 spiro atoms. The molecule has 3 aliphatic rings. The zero-order valence-corrected chi connectivity index (χ0v) is 26.5. The maximum Gasteiger partial charge on any atom is 0.237 e. The van der Waals surface area contributed by atoms with Gasteiger partial charge < -0.3 is 0 Å². The molecule has 0 aliphatic heterocycles. The fraction of sp³-hybridized carbons (Fsp3) is 0.455. The van der Waals surface area contributed by atoms with E-state index < -0.39 is 32.3 Å². The van der Waals surface area contributed by atoms with Gasteiger partial charge in [0.25, 0.3) is 0 Å². The van der Waals surface area contributed by atoms with E-state index in [1.54, 1.807) is 26.2 Å². The third-order valence-electron chi connectivity index (χ3n) is 10.4. The molecule has 0 unspecified atom stereocenters. The summed E-state index contributed by atoms with van der Waals surface area (Å²) in [4.78, 5) is 17.9. The number of benzene rings is 1. The number of hydrogen-bond acceptors (Lipinski definition) is 8. The Bertz CT molecular complexity index is 1890. The molecule has 3 heterocycles. The summed E-state index contributed by atoms with van der Waals surface area (Å²) in [6.45, 7) is 7.50. The zero-order valence-electron chi connectivity index (χ0n) is 25.7. The predicted molar refractivity (Wildman–Crippen MR) is 166 cm³/mol. The monoisotopic (exact) mass is 631 g/mol. The zero-order chi connectivity index (χ0) is 31.7. The minimum atomic E-state index is -3.58. The molecule has 4 aromatic rings. The lowest BCUT2D eigenvalue weighted by molar-refractivity contribution is 0.242. The van der Waals surface area contributed by atoms with Crippen LogP contribution in [0.4, 0.5) is 14.7 Å². The van der Waals surface area contributed by atoms with E-state index in [9.17, 15) is 8.42 Å². The molecule has 0 amide bonds. The summed E-state index contributed by atoms with van der Waals surface area (Å²) >= 11 is 0. The number of aromatic nitrogens is 6. The van der Waals surface area contributed by atoms with Crippen LogP contribution in [-0.2, 0) is 15.4 Å². The number of nitrogens with one attached hydrogen (secondary N) is 1. The summed E-state index contributed by atoms with van der Waals surface area (Å²) in [5.74, 6) is -0.941. The lowest BCUT2D eigenvalue weighted by Crippen LogP contribution is -2.38. The summed E-state index contributed by atoms with van der Waals surface area (Å²) < 4.78 is 57.7. The van der Waals surface area contributed by atoms with Gasteiger partial charge in [-0.05, 0) is 86.1 Å². The van der Waals surface area contributed by atoms with Gasteiger partial charge in [-0.3, -0.25) is 9.71 Å². The first-order chi connectivity index (χ1) is 21.4. The van der Waals surface area contributed by atoms with Crippen molar-refractivity contribution in [3.8, 4) is 22.5 Å². The molecule has 7 rings (SSSR count). The number of fused-ring (bicyclic) bond motifs is 5. The molecule has 2 bridgehead atoms. The van der Waals surface area contributed by atoms with Gasteiger partial charge in [-0.1, -0.05) is 26.7 Å². The number of anilines is 1. The highest BCUT2D eigenvalue weighted by Gasteiger charge is 2.65. The van der Waals surface area contributed by atoms with Gasteiger partial charge in [-0.2, -0.15) is 5.10 Å². The topological polar surface area (TPSA) is 124 Å². The van der Waals surface area contributed by atoms with Crippen LogP contribution in [-0.4, -0.2) is 43.8 Å². The fourth-order valence-electron chi connectivity index (χ4n) is 7.82. The van der Waals surface area contributed by atoms with E-state index in [1.807, 2.05) is 6.07 Å². The second-order valence-corrected chi connectivity index (χ2v) is 15.6. The standard InChI is InChI=1S/C33H35F2N7O2S/c1-18(2)45(43,44)42-31-37-14-21(15-38-31)27-16-36-17-28(39-27)33-10-9-23(32(33,3)4)22-13-26(40-41-30(22)33)29-24(34)11-20(12-25(29)35)19-7-5-6-8-19/h11-19,23H,5-10H2,1-4H3,(H,37,38,42)/t23-,33-/m0/s1. The highest BCUT2D eigenvalue weighted by molar-refractivity contribution is 7.93. The van der Waals surface area contributed by atoms with Crippen LogP contribution in [0.1, 0.15) is 101 Å². The first-order valence-corrected chi connectivity index (χ1v) is 17.0. The molecule has 234 valence electrons. The normalized spacial score (nSPS) is 22.2. The van der Waals surface area contributed by atoms with E-state index in [0.717, 1.165) is 61.0 Å². The van der Waals surface area contributed by atoms with Crippen molar-refractivity contribution < 1.29 is 17.2 Å². The summed E-state index contributed by atoms with van der Waals surface area (Å²) in [5, 5.41) is 8.44. The molecule has 2 saturated carbocycles. The summed E-state index contributed by atoms with van der Waals surface area (Å²) in [6, 6.07) is 4.75. The number of sulfonamides is 1. The maximum atomic E-state index is 15.5. The van der Waals surface area contributed by atoms with Gasteiger partial charge in [0.2, 0.25) is 16.0 Å². The van der Waals surface area contributed by atoms with Crippen molar-refractivity contribution in [2.75, 3.05) is 4.72 Å². The van der Waals surface area contributed by atoms with Crippen LogP contribution in [0.25, 0.3) is 22.5 Å². The largest absolute Gasteiger partial charge is 0.261 e. The van der Waals surface area contributed by atoms with Crippen LogP contribution in [0.5, 0.6) is 0 Å². The molecule has 0 saturated heterocycles. The molecule has 3 aliphatic carbocycles. The average molecular weight is 632 g/mol. The predicted octanol–water partition coefficient (Wildman–Crippen LogP) is 6.68. The van der Waals surface area contributed by atoms with Crippen molar-refractivity contribution in [1.29, 1.82) is 0 Å². The van der Waals surface area contributed by atoms with Crippen molar-refractivity contribution in [3.63, 3.8) is 0 Å². The van der Waals surface area contributed by atoms with Gasteiger partial charge >= 0.3 is 0 Å². The molecule has 3 aromatic heterocycles. The molecule has 0 radical (unpaired) electrons. The van der Waals surface area contributed by atoms with Gasteiger partial charge in [0, 0.05) is 24.2 Å². The highest BCUT2D eigenvalue weighted by Crippen LogP contribution is 2.69. The first kappa shape index (κ1) is 29.8. The molecule has 1 N–H and O–H groups in total. The molecular formula is C33H35F2N7O2S. The van der Waals surface area contributed by atoms with Crippen LogP contribution in [0.3, 0.4) is 0 Å². The van der Waals surface area contributed by atoms with Crippen molar-refractivity contribution in [1.82, 2.24) is 30.1 Å². The van der Waals surface area contributed by atoms with Crippen LogP contribution in [0.2, 0.25) is 0 Å². The summed E-state index contributed by atoms with van der Waals surface area (Å²) in [6.07, 6.45) is 12.1. The minimum Gasteiger partial charge on any atom is -0.261 e. The molecular weight excluding hydrogens is 596 g/mol. The lowest BCUT2D eigenvalue weighted by atomic mass is 9.66. The van der Waals surface area contributed by atoms with Gasteiger partial charge in [-0.15, -0.1) is 5.10 Å². The molecule has 45 heavy (non-hydrogen) atoms. The van der Waals surface area contributed by atoms with Crippen LogP contribution >= 0.6 is 0 Å². The Kier molecular flexibility index (Phi) is 6.99. The Morgan fingerprint density at radius 3 is 2.27 bits per heavy atom. The number of nitrogens with zero attached hydrogens (tertiary/aromatic N) is 6. The van der Waals surface area contributed by atoms with Crippen LogP contribution in [0, 0.1) is 17.0 Å². The molecule has 2 atom stereocenters. The number of hydrogen-bond donors (Lipinski definition) is 1. The number of halogens is 2. The van der Waals surface area contributed by atoms with Crippen LogP contribution in [0.15, 0.2) is 43.0 Å². The highest BCUT2D eigenvalue weighted by atomic mass is 32.2. The third kappa shape index (κ3) is 4.62. The van der Waals surface area contributed by atoms with Crippen molar-refractivity contribution in [2.45, 2.75) is 88.7 Å². The van der Waals surface area contributed by atoms with E-state index in [4.69, 9.17) is 4.98 Å². The first-order valence-electron chi connectivity index (χ1n) is 15.5. The quantitative estimate of drug-likeness (QED) is 0.240. The Morgan fingerprint density at radius 2 is 1.60 bits per heavy atom. The second-order valence-electron chi connectivity index (χ2n) is 13.4. The average Bonchev–Trinajstić information content (AvgIpc) is 3.68. The minimum absolute atomic E-state index is 0.0215. The Morgan fingerprint density at radius 1 is 0.911 bits per heavy atom. The van der Waals surface area contributed by atoms with Crippen molar-refractivity contribution in [2.24, 2.45) is 5.41 Å². The SMILES string of the molecule is CC(C)S(=O)(=O)Nc1ncc(-c2cncc([C@@]34CC[C@@H](c5cc(-c6c(F)cc(C7CCCC7)cc6F)nnc53)C4(C)C)n2)cn1. The lowest BCUT2D eigenvalue weighted by Gasteiger charge is -2.37. The van der Waals surface area contributed by atoms with Gasteiger partial charge in [0.1, 0.15) is 11.6 Å². The summed E-state index contributed by atoms with van der Waals surface area (Å²) in [7, 11) is -3.58. The van der Waals surface area contributed by atoms with E-state index in [2.05, 4.69) is 43.7 Å². The molecule has 9 nitrogen and oxygen atoms in total. The maximum absolute atomic E-state index is 15.5. The van der Waals surface area contributed by atoms with E-state index in [0.29, 0.717) is 11.3 Å². The smallest absolute Gasteiger partial charge is 0.237 e. The van der Waals surface area contributed by atoms with Crippen molar-refractivity contribution >= 4 is 16.0 Å². The van der Waals surface area contributed by atoms with E-state index >= 15 is 8.78 Å². The third-order valence-corrected chi connectivity index (χ3v) is 12.1. The second kappa shape index (κ2) is 10.6. The van der Waals surface area contributed by atoms with Crippen molar-refractivity contribution in [3.05, 3.63) is 77.1 Å². The molecule has 1 aromatic carbocycles. The number of rotatable bonds is 7. The van der Waals surface area contributed by atoms with Gasteiger partial charge in [0.05, 0.1) is 45.2 Å². The Balaban J connectivity index is 1.24. The Labute approximate surface area is 261 Å². The summed E-state index contributed by atoms with van der Waals surface area (Å²) in [5.41, 5.74) is 3.37. The van der Waals surface area contributed by atoms with E-state index in [-0.39, 0.29) is 34.5 Å². The van der Waals surface area contributed by atoms with E-state index in [1.165, 1.54) is 24.5 Å².